The van der Waals surface area contributed by atoms with Crippen molar-refractivity contribution in [3.63, 3.8) is 0 Å². The highest BCUT2D eigenvalue weighted by molar-refractivity contribution is 5.89. The number of non-ortho nitro benzene ring substituents is 1. The number of hydrogen-bond acceptors (Lipinski definition) is 6. The predicted molar refractivity (Wildman–Crippen MR) is 77.6 cm³/mol. The lowest BCUT2D eigenvalue weighted by atomic mass is 10.2. The van der Waals surface area contributed by atoms with Gasteiger partial charge in [-0.3, -0.25) is 10.1 Å². The van der Waals surface area contributed by atoms with Gasteiger partial charge in [-0.2, -0.15) is 0 Å². The lowest BCUT2D eigenvalue weighted by molar-refractivity contribution is -0.384. The Kier molecular flexibility index (Phi) is 5.85. The van der Waals surface area contributed by atoms with Crippen LogP contribution in [0, 0.1) is 10.1 Å². The molecule has 1 amide bonds. The zero-order valence-corrected chi connectivity index (χ0v) is 12.6. The smallest absolute Gasteiger partial charge is 0.407 e. The molecule has 0 aliphatic heterocycles. The van der Waals surface area contributed by atoms with Gasteiger partial charge in [-0.05, 0) is 32.9 Å². The van der Waals surface area contributed by atoms with E-state index in [4.69, 9.17) is 9.47 Å². The molecule has 0 fully saturated rings. The van der Waals surface area contributed by atoms with Crippen molar-refractivity contribution >= 4 is 17.7 Å². The average molecular weight is 310 g/mol. The number of esters is 1. The van der Waals surface area contributed by atoms with Gasteiger partial charge in [0.05, 0.1) is 17.0 Å². The molecule has 0 aliphatic carbocycles. The summed E-state index contributed by atoms with van der Waals surface area (Å²) >= 11 is 0. The van der Waals surface area contributed by atoms with Crippen molar-refractivity contribution < 1.29 is 24.0 Å². The van der Waals surface area contributed by atoms with E-state index in [1.54, 1.807) is 20.8 Å². The fourth-order valence-corrected chi connectivity index (χ4v) is 1.41. The van der Waals surface area contributed by atoms with Crippen molar-refractivity contribution in [1.29, 1.82) is 0 Å². The summed E-state index contributed by atoms with van der Waals surface area (Å²) in [7, 11) is 0. The number of carbonyl (C=O) groups is 2. The van der Waals surface area contributed by atoms with Crippen LogP contribution < -0.4 is 5.32 Å². The maximum Gasteiger partial charge on any atom is 0.407 e. The van der Waals surface area contributed by atoms with Crippen LogP contribution in [-0.4, -0.2) is 35.7 Å². The summed E-state index contributed by atoms with van der Waals surface area (Å²) in [6.07, 6.45) is -0.598. The monoisotopic (exact) mass is 310 g/mol. The van der Waals surface area contributed by atoms with Crippen molar-refractivity contribution in [3.8, 4) is 0 Å². The van der Waals surface area contributed by atoms with Gasteiger partial charge in [0.25, 0.3) is 5.69 Å². The molecule has 0 unspecified atom stereocenters. The molecule has 1 N–H and O–H groups in total. The second-order valence-electron chi connectivity index (χ2n) is 5.37. The molecule has 0 heterocycles. The highest BCUT2D eigenvalue weighted by atomic mass is 16.6. The summed E-state index contributed by atoms with van der Waals surface area (Å²) in [4.78, 5) is 32.9. The Morgan fingerprint density at radius 1 is 1.23 bits per heavy atom. The normalized spacial score (nSPS) is 10.7. The molecule has 1 aromatic rings. The summed E-state index contributed by atoms with van der Waals surface area (Å²) in [5, 5.41) is 12.9. The van der Waals surface area contributed by atoms with E-state index < -0.39 is 22.6 Å². The molecular formula is C14H18N2O6. The Balaban J connectivity index is 2.34. The largest absolute Gasteiger partial charge is 0.460 e. The standard InChI is InChI=1S/C14H18N2O6/c1-14(2,3)22-13(18)15-8-9-21-12(17)10-4-6-11(7-5-10)16(19)20/h4-7H,8-9H2,1-3H3,(H,15,18). The first kappa shape index (κ1) is 17.4. The molecule has 8 heteroatoms. The van der Waals surface area contributed by atoms with Crippen LogP contribution in [0.4, 0.5) is 10.5 Å². The van der Waals surface area contributed by atoms with E-state index in [0.29, 0.717) is 0 Å². The number of ether oxygens (including phenoxy) is 2. The second kappa shape index (κ2) is 7.39. The summed E-state index contributed by atoms with van der Waals surface area (Å²) in [5.74, 6) is -0.624. The summed E-state index contributed by atoms with van der Waals surface area (Å²) in [5.41, 5.74) is -0.509. The number of nitrogens with one attached hydrogen (secondary N) is 1. The lowest BCUT2D eigenvalue weighted by Gasteiger charge is -2.19. The number of benzene rings is 1. The third kappa shape index (κ3) is 6.21. The van der Waals surface area contributed by atoms with Crippen molar-refractivity contribution in [2.75, 3.05) is 13.2 Å². The average Bonchev–Trinajstić information content (AvgIpc) is 2.41. The molecule has 0 aromatic heterocycles. The van der Waals surface area contributed by atoms with Crippen LogP contribution in [-0.2, 0) is 9.47 Å². The Bertz CT molecular complexity index is 547. The molecule has 0 saturated carbocycles. The lowest BCUT2D eigenvalue weighted by Crippen LogP contribution is -2.34. The highest BCUT2D eigenvalue weighted by Crippen LogP contribution is 2.12. The molecule has 0 saturated heterocycles. The van der Waals surface area contributed by atoms with Crippen molar-refractivity contribution in [2.24, 2.45) is 0 Å². The topological polar surface area (TPSA) is 108 Å². The first-order chi connectivity index (χ1) is 10.2. The number of alkyl carbamates (subject to hydrolysis) is 1. The van der Waals surface area contributed by atoms with Crippen LogP contribution in [0.5, 0.6) is 0 Å². The molecule has 0 bridgehead atoms. The number of hydrogen-bond donors (Lipinski definition) is 1. The van der Waals surface area contributed by atoms with Crippen LogP contribution in [0.3, 0.4) is 0 Å². The summed E-state index contributed by atoms with van der Waals surface area (Å²) < 4.78 is 9.94. The molecule has 0 atom stereocenters. The maximum absolute atomic E-state index is 11.7. The van der Waals surface area contributed by atoms with Crippen LogP contribution in [0.25, 0.3) is 0 Å². The number of nitro benzene ring substituents is 1. The van der Waals surface area contributed by atoms with E-state index >= 15 is 0 Å². The quantitative estimate of drug-likeness (QED) is 0.387. The van der Waals surface area contributed by atoms with Crippen molar-refractivity contribution in [2.45, 2.75) is 26.4 Å². The first-order valence-electron chi connectivity index (χ1n) is 6.57. The van der Waals surface area contributed by atoms with Gasteiger partial charge in [0.2, 0.25) is 0 Å². The molecular weight excluding hydrogens is 292 g/mol. The Morgan fingerprint density at radius 3 is 2.32 bits per heavy atom. The van der Waals surface area contributed by atoms with E-state index in [1.165, 1.54) is 24.3 Å². The molecule has 8 nitrogen and oxygen atoms in total. The minimum absolute atomic E-state index is 0.0327. The van der Waals surface area contributed by atoms with E-state index in [0.717, 1.165) is 0 Å². The number of nitro groups is 1. The number of rotatable bonds is 5. The van der Waals surface area contributed by atoms with Gasteiger partial charge in [0.15, 0.2) is 0 Å². The minimum atomic E-state index is -0.624. The Morgan fingerprint density at radius 2 is 1.82 bits per heavy atom. The van der Waals surface area contributed by atoms with Crippen LogP contribution >= 0.6 is 0 Å². The zero-order chi connectivity index (χ0) is 16.8. The number of carbonyl (C=O) groups excluding carboxylic acids is 2. The van der Waals surface area contributed by atoms with Crippen LogP contribution in [0.1, 0.15) is 31.1 Å². The molecule has 1 rings (SSSR count). The van der Waals surface area contributed by atoms with Gasteiger partial charge in [-0.15, -0.1) is 0 Å². The Labute approximate surface area is 127 Å². The molecule has 0 aliphatic rings. The molecule has 0 spiro atoms. The van der Waals surface area contributed by atoms with E-state index in [-0.39, 0.29) is 24.4 Å². The second-order valence-corrected chi connectivity index (χ2v) is 5.37. The molecule has 120 valence electrons. The fourth-order valence-electron chi connectivity index (χ4n) is 1.41. The zero-order valence-electron chi connectivity index (χ0n) is 12.6. The third-order valence-electron chi connectivity index (χ3n) is 2.32. The van der Waals surface area contributed by atoms with Gasteiger partial charge >= 0.3 is 12.1 Å². The van der Waals surface area contributed by atoms with Crippen LogP contribution in [0.15, 0.2) is 24.3 Å². The van der Waals surface area contributed by atoms with E-state index in [2.05, 4.69) is 5.32 Å². The Hall–Kier alpha value is -2.64. The fraction of sp³-hybridized carbons (Fsp3) is 0.429. The van der Waals surface area contributed by atoms with Gasteiger partial charge in [0, 0.05) is 12.1 Å². The van der Waals surface area contributed by atoms with Gasteiger partial charge in [-0.1, -0.05) is 0 Å². The van der Waals surface area contributed by atoms with Gasteiger partial charge < -0.3 is 14.8 Å². The molecule has 0 radical (unpaired) electrons. The molecule has 22 heavy (non-hydrogen) atoms. The maximum atomic E-state index is 11.7. The van der Waals surface area contributed by atoms with Crippen molar-refractivity contribution in [3.05, 3.63) is 39.9 Å². The van der Waals surface area contributed by atoms with Crippen LogP contribution in [0.2, 0.25) is 0 Å². The summed E-state index contributed by atoms with van der Waals surface area (Å²) in [6, 6.07) is 5.05. The first-order valence-corrected chi connectivity index (χ1v) is 6.57. The summed E-state index contributed by atoms with van der Waals surface area (Å²) in [6.45, 7) is 5.28. The van der Waals surface area contributed by atoms with E-state index in [1.807, 2.05) is 0 Å². The van der Waals surface area contributed by atoms with Gasteiger partial charge in [-0.25, -0.2) is 9.59 Å². The highest BCUT2D eigenvalue weighted by Gasteiger charge is 2.16. The number of nitrogens with zero attached hydrogens (tertiary/aromatic N) is 1. The van der Waals surface area contributed by atoms with Crippen molar-refractivity contribution in [1.82, 2.24) is 5.32 Å². The predicted octanol–water partition coefficient (Wildman–Crippen LogP) is 2.28. The van der Waals surface area contributed by atoms with E-state index in [9.17, 15) is 19.7 Å². The third-order valence-corrected chi connectivity index (χ3v) is 2.32. The van der Waals surface area contributed by atoms with Gasteiger partial charge in [0.1, 0.15) is 12.2 Å². The number of amides is 1. The minimum Gasteiger partial charge on any atom is -0.460 e. The SMILES string of the molecule is CC(C)(C)OC(=O)NCCOC(=O)c1ccc([N+](=O)[O-])cc1. The molecule has 1 aromatic carbocycles.